The third kappa shape index (κ3) is 6.28. The average Bonchev–Trinajstić information content (AvgIpc) is 3.05. The molecule has 1 amide bonds. The molecule has 0 saturated heterocycles. The van der Waals surface area contributed by atoms with Crippen LogP contribution in [0.2, 0.25) is 0 Å². The summed E-state index contributed by atoms with van der Waals surface area (Å²) in [5, 5.41) is 13.8. The largest absolute Gasteiger partial charge is 0.475 e. The summed E-state index contributed by atoms with van der Waals surface area (Å²) in [5.41, 5.74) is 0.363. The number of rotatable bonds is 9. The normalized spacial score (nSPS) is 10.1. The van der Waals surface area contributed by atoms with Gasteiger partial charge in [0.15, 0.2) is 19.0 Å². The van der Waals surface area contributed by atoms with Crippen molar-refractivity contribution < 1.29 is 33.5 Å². The lowest BCUT2D eigenvalue weighted by molar-refractivity contribution is -0.385. The van der Waals surface area contributed by atoms with Gasteiger partial charge in [-0.25, -0.2) is 9.59 Å². The molecule has 0 bridgehead atoms. The number of benzene rings is 1. The van der Waals surface area contributed by atoms with Gasteiger partial charge in [0, 0.05) is 6.07 Å². The molecule has 0 atom stereocenters. The number of hydrogen-bond donors (Lipinski definition) is 1. The fourth-order valence-corrected chi connectivity index (χ4v) is 3.15. The summed E-state index contributed by atoms with van der Waals surface area (Å²) in [6.45, 7) is 2.46. The number of nitrogens with zero attached hydrogens (tertiary/aromatic N) is 1. The van der Waals surface area contributed by atoms with Crippen molar-refractivity contribution in [2.75, 3.05) is 25.1 Å². The van der Waals surface area contributed by atoms with Gasteiger partial charge in [0.1, 0.15) is 4.88 Å². The van der Waals surface area contributed by atoms with Crippen molar-refractivity contribution >= 4 is 39.9 Å². The molecule has 0 aliphatic carbocycles. The number of thiophene rings is 1. The Hall–Kier alpha value is -3.47. The van der Waals surface area contributed by atoms with Gasteiger partial charge in [-0.15, -0.1) is 11.3 Å². The summed E-state index contributed by atoms with van der Waals surface area (Å²) < 4.78 is 14.8. The summed E-state index contributed by atoms with van der Waals surface area (Å²) in [6.07, 6.45) is 0. The Bertz CT molecular complexity index is 924. The molecule has 1 aromatic carbocycles. The SMILES string of the molecule is CCOC(=O)c1sc(NC(=O)COC(=O)COc2ccccc2[N+](=O)[O-])cc1C. The smallest absolute Gasteiger partial charge is 0.348 e. The van der Waals surface area contributed by atoms with E-state index in [1.165, 1.54) is 24.3 Å². The number of nitrogens with one attached hydrogen (secondary N) is 1. The minimum atomic E-state index is -0.868. The number of aryl methyl sites for hydroxylation is 1. The van der Waals surface area contributed by atoms with Gasteiger partial charge in [-0.1, -0.05) is 12.1 Å². The zero-order valence-electron chi connectivity index (χ0n) is 15.6. The zero-order valence-corrected chi connectivity index (χ0v) is 16.4. The van der Waals surface area contributed by atoms with Gasteiger partial charge in [0.25, 0.3) is 5.91 Å². The van der Waals surface area contributed by atoms with Crippen LogP contribution in [0.4, 0.5) is 10.7 Å². The maximum Gasteiger partial charge on any atom is 0.348 e. The van der Waals surface area contributed by atoms with E-state index in [0.29, 0.717) is 15.4 Å². The topological polar surface area (TPSA) is 134 Å². The van der Waals surface area contributed by atoms with Crippen LogP contribution in [0, 0.1) is 17.0 Å². The maximum atomic E-state index is 11.9. The predicted molar refractivity (Wildman–Crippen MR) is 103 cm³/mol. The second kappa shape index (κ2) is 10.2. The fraction of sp³-hybridized carbons (Fsp3) is 0.278. The van der Waals surface area contributed by atoms with Crippen LogP contribution in [0.1, 0.15) is 22.2 Å². The number of anilines is 1. The van der Waals surface area contributed by atoms with Crippen LogP contribution in [0.5, 0.6) is 5.75 Å². The van der Waals surface area contributed by atoms with Crippen molar-refractivity contribution in [3.05, 3.63) is 50.9 Å². The average molecular weight is 422 g/mol. The van der Waals surface area contributed by atoms with Crippen LogP contribution in [0.3, 0.4) is 0 Å². The highest BCUT2D eigenvalue weighted by Gasteiger charge is 2.18. The lowest BCUT2D eigenvalue weighted by Gasteiger charge is -2.07. The van der Waals surface area contributed by atoms with Gasteiger partial charge in [-0.05, 0) is 31.5 Å². The summed E-state index contributed by atoms with van der Waals surface area (Å²) in [7, 11) is 0. The number of carbonyl (C=O) groups is 3. The maximum absolute atomic E-state index is 11.9. The van der Waals surface area contributed by atoms with Gasteiger partial charge in [0.05, 0.1) is 16.5 Å². The Morgan fingerprint density at radius 2 is 1.90 bits per heavy atom. The zero-order chi connectivity index (χ0) is 21.4. The monoisotopic (exact) mass is 422 g/mol. The van der Waals surface area contributed by atoms with Gasteiger partial charge < -0.3 is 19.5 Å². The standard InChI is InChI=1S/C18H18N2O8S/c1-3-26-18(23)17-11(2)8-15(29-17)19-14(21)9-28-16(22)10-27-13-7-5-4-6-12(13)20(24)25/h4-8H,3,9-10H2,1-2H3,(H,19,21). The number of nitro groups is 1. The van der Waals surface area contributed by atoms with E-state index in [2.05, 4.69) is 5.32 Å². The Morgan fingerprint density at radius 3 is 2.59 bits per heavy atom. The first kappa shape index (κ1) is 21.8. The van der Waals surface area contributed by atoms with Crippen LogP contribution in [-0.4, -0.2) is 42.6 Å². The number of para-hydroxylation sites is 2. The van der Waals surface area contributed by atoms with Gasteiger partial charge in [-0.2, -0.15) is 0 Å². The first-order chi connectivity index (χ1) is 13.8. The van der Waals surface area contributed by atoms with E-state index in [4.69, 9.17) is 14.2 Å². The number of esters is 2. The van der Waals surface area contributed by atoms with Crippen molar-refractivity contribution in [2.45, 2.75) is 13.8 Å². The minimum absolute atomic E-state index is 0.0838. The van der Waals surface area contributed by atoms with Gasteiger partial charge in [-0.3, -0.25) is 14.9 Å². The van der Waals surface area contributed by atoms with E-state index in [1.54, 1.807) is 19.9 Å². The molecule has 0 radical (unpaired) electrons. The molecule has 2 rings (SSSR count). The minimum Gasteiger partial charge on any atom is -0.475 e. The summed E-state index contributed by atoms with van der Waals surface area (Å²) in [6, 6.07) is 7.18. The highest BCUT2D eigenvalue weighted by atomic mass is 32.1. The van der Waals surface area contributed by atoms with E-state index in [-0.39, 0.29) is 18.0 Å². The Kier molecular flexibility index (Phi) is 7.66. The fourth-order valence-electron chi connectivity index (χ4n) is 2.17. The second-order valence-electron chi connectivity index (χ2n) is 5.57. The number of hydrogen-bond acceptors (Lipinski definition) is 9. The lowest BCUT2D eigenvalue weighted by atomic mass is 10.3. The molecule has 0 fully saturated rings. The quantitative estimate of drug-likeness (QED) is 0.370. The molecule has 2 aromatic rings. The third-order valence-electron chi connectivity index (χ3n) is 3.41. The van der Waals surface area contributed by atoms with Crippen LogP contribution in [-0.2, 0) is 19.1 Å². The molecule has 29 heavy (non-hydrogen) atoms. The molecule has 0 saturated carbocycles. The van der Waals surface area contributed by atoms with E-state index >= 15 is 0 Å². The van der Waals surface area contributed by atoms with Crippen LogP contribution < -0.4 is 10.1 Å². The first-order valence-electron chi connectivity index (χ1n) is 8.41. The van der Waals surface area contributed by atoms with Gasteiger partial charge in [0.2, 0.25) is 0 Å². The number of nitro benzene ring substituents is 1. The molecular weight excluding hydrogens is 404 g/mol. The molecule has 11 heteroatoms. The highest BCUT2D eigenvalue weighted by Crippen LogP contribution is 2.27. The molecule has 10 nitrogen and oxygen atoms in total. The highest BCUT2D eigenvalue weighted by molar-refractivity contribution is 7.18. The summed E-state index contributed by atoms with van der Waals surface area (Å²) in [4.78, 5) is 46.0. The van der Waals surface area contributed by atoms with Crippen molar-refractivity contribution in [3.63, 3.8) is 0 Å². The van der Waals surface area contributed by atoms with E-state index in [1.807, 2.05) is 0 Å². The van der Waals surface area contributed by atoms with Crippen LogP contribution in [0.25, 0.3) is 0 Å². The van der Waals surface area contributed by atoms with Crippen LogP contribution in [0.15, 0.2) is 30.3 Å². The first-order valence-corrected chi connectivity index (χ1v) is 9.22. The van der Waals surface area contributed by atoms with E-state index < -0.39 is 36.0 Å². The lowest BCUT2D eigenvalue weighted by Crippen LogP contribution is -2.23. The van der Waals surface area contributed by atoms with E-state index in [9.17, 15) is 24.5 Å². The molecule has 1 aromatic heterocycles. The van der Waals surface area contributed by atoms with Crippen molar-refractivity contribution in [2.24, 2.45) is 0 Å². The number of carbonyl (C=O) groups excluding carboxylic acids is 3. The number of ether oxygens (including phenoxy) is 3. The summed E-state index contributed by atoms with van der Waals surface area (Å²) in [5.74, 6) is -2.04. The van der Waals surface area contributed by atoms with Crippen LogP contribution >= 0.6 is 11.3 Å². The van der Waals surface area contributed by atoms with Gasteiger partial charge >= 0.3 is 17.6 Å². The Balaban J connectivity index is 1.82. The predicted octanol–water partition coefficient (Wildman–Crippen LogP) is 2.70. The molecule has 0 unspecified atom stereocenters. The molecule has 0 aliphatic rings. The molecule has 0 aliphatic heterocycles. The Labute approximate surface area is 169 Å². The summed E-state index contributed by atoms with van der Waals surface area (Å²) >= 11 is 1.05. The molecular formula is C18H18N2O8S. The van der Waals surface area contributed by atoms with Crippen molar-refractivity contribution in [1.29, 1.82) is 0 Å². The van der Waals surface area contributed by atoms with Crippen molar-refractivity contribution in [1.82, 2.24) is 0 Å². The molecule has 154 valence electrons. The third-order valence-corrected chi connectivity index (χ3v) is 4.55. The molecule has 1 heterocycles. The second-order valence-corrected chi connectivity index (χ2v) is 6.62. The van der Waals surface area contributed by atoms with E-state index in [0.717, 1.165) is 11.3 Å². The van der Waals surface area contributed by atoms with Crippen molar-refractivity contribution in [3.8, 4) is 5.75 Å². The Morgan fingerprint density at radius 1 is 1.17 bits per heavy atom. The molecule has 1 N–H and O–H groups in total. The molecule has 0 spiro atoms. The number of amides is 1.